The van der Waals surface area contributed by atoms with Crippen LogP contribution in [-0.2, 0) is 9.53 Å². The highest BCUT2D eigenvalue weighted by Crippen LogP contribution is 2.53. The average molecular weight is 358 g/mol. The van der Waals surface area contributed by atoms with Crippen LogP contribution < -0.4 is 0 Å². The Morgan fingerprint density at radius 1 is 1.15 bits per heavy atom. The smallest absolute Gasteiger partial charge is 0.257 e. The van der Waals surface area contributed by atoms with Gasteiger partial charge >= 0.3 is 0 Å². The predicted molar refractivity (Wildman–Crippen MR) is 94.3 cm³/mol. The van der Waals surface area contributed by atoms with Gasteiger partial charge in [-0.3, -0.25) is 9.59 Å². The number of hydrogen-bond donors (Lipinski definition) is 0. The molecule has 0 bridgehead atoms. The summed E-state index contributed by atoms with van der Waals surface area (Å²) in [6, 6.07) is 0. The van der Waals surface area contributed by atoms with E-state index in [1.165, 1.54) is 25.6 Å². The molecule has 3 fully saturated rings. The first-order valence-corrected chi connectivity index (χ1v) is 9.58. The van der Waals surface area contributed by atoms with E-state index in [9.17, 15) is 9.59 Å². The molecule has 1 spiro atoms. The summed E-state index contributed by atoms with van der Waals surface area (Å²) >= 11 is 0. The molecule has 0 radical (unpaired) electrons. The molecule has 7 heteroatoms. The highest BCUT2D eigenvalue weighted by molar-refractivity contribution is 5.93. The number of carbonyl (C=O) groups is 2. The second-order valence-corrected chi connectivity index (χ2v) is 7.76. The van der Waals surface area contributed by atoms with Crippen molar-refractivity contribution in [2.45, 2.75) is 32.1 Å². The second-order valence-electron chi connectivity index (χ2n) is 7.76. The predicted octanol–water partition coefficient (Wildman–Crippen LogP) is 1.36. The van der Waals surface area contributed by atoms with Gasteiger partial charge in [-0.2, -0.15) is 0 Å². The molecule has 1 aromatic rings. The zero-order chi connectivity index (χ0) is 18.0. The molecule has 2 saturated heterocycles. The summed E-state index contributed by atoms with van der Waals surface area (Å²) in [5, 5.41) is 0. The van der Waals surface area contributed by atoms with Crippen LogP contribution in [0.2, 0.25) is 0 Å². The summed E-state index contributed by atoms with van der Waals surface area (Å²) in [5.74, 6) is 0.651. The number of rotatable bonds is 4. The Kier molecular flexibility index (Phi) is 4.89. The Balaban J connectivity index is 1.38. The molecule has 1 saturated carbocycles. The maximum atomic E-state index is 12.8. The van der Waals surface area contributed by atoms with Crippen molar-refractivity contribution in [3.8, 4) is 0 Å². The van der Waals surface area contributed by atoms with Crippen LogP contribution in [0.3, 0.4) is 0 Å². The first-order valence-electron chi connectivity index (χ1n) is 9.58. The van der Waals surface area contributed by atoms with Gasteiger partial charge in [0.2, 0.25) is 5.91 Å². The Hall–Kier alpha value is -2.02. The van der Waals surface area contributed by atoms with Crippen molar-refractivity contribution in [2.24, 2.45) is 11.3 Å². The summed E-state index contributed by atoms with van der Waals surface area (Å²) in [4.78, 5) is 37.0. The molecule has 3 heterocycles. The summed E-state index contributed by atoms with van der Waals surface area (Å²) in [6.07, 6.45) is 9.60. The molecule has 1 atom stereocenters. The lowest BCUT2D eigenvalue weighted by Gasteiger charge is -2.43. The molecule has 0 N–H and O–H groups in total. The van der Waals surface area contributed by atoms with E-state index in [1.54, 1.807) is 12.4 Å². The van der Waals surface area contributed by atoms with Gasteiger partial charge in [-0.05, 0) is 30.6 Å². The first kappa shape index (κ1) is 17.4. The van der Waals surface area contributed by atoms with Gasteiger partial charge in [0, 0.05) is 45.0 Å². The van der Waals surface area contributed by atoms with Crippen LogP contribution >= 0.6 is 0 Å². The van der Waals surface area contributed by atoms with E-state index < -0.39 is 0 Å². The van der Waals surface area contributed by atoms with Gasteiger partial charge in [0.15, 0.2) is 0 Å². The molecule has 7 nitrogen and oxygen atoms in total. The fourth-order valence-electron chi connectivity index (χ4n) is 4.64. The molecule has 2 aliphatic heterocycles. The van der Waals surface area contributed by atoms with E-state index in [-0.39, 0.29) is 17.2 Å². The van der Waals surface area contributed by atoms with Crippen molar-refractivity contribution in [3.05, 3.63) is 24.3 Å². The maximum Gasteiger partial charge on any atom is 0.257 e. The molecule has 4 rings (SSSR count). The molecule has 1 unspecified atom stereocenters. The summed E-state index contributed by atoms with van der Waals surface area (Å²) in [5.41, 5.74) is 0.767. The Bertz CT molecular complexity index is 656. The van der Waals surface area contributed by atoms with Gasteiger partial charge in [0.05, 0.1) is 18.8 Å². The SMILES string of the molecule is O=C(CCC1CN(C(=O)c2cncnc2)CC12CCC2)N1CCOCC1. The van der Waals surface area contributed by atoms with Gasteiger partial charge < -0.3 is 14.5 Å². The van der Waals surface area contributed by atoms with Gasteiger partial charge in [-0.1, -0.05) is 6.42 Å². The number of carbonyl (C=O) groups excluding carboxylic acids is 2. The Labute approximate surface area is 153 Å². The standard InChI is InChI=1S/C19H26N4O3/c24-17(22-6-8-26-9-7-22)3-2-16-12-23(13-19(16)4-1-5-19)18(25)15-10-20-14-21-11-15/h10-11,14,16H,1-9,12-13H2. The lowest BCUT2D eigenvalue weighted by Crippen LogP contribution is -2.42. The molecule has 1 aromatic heterocycles. The van der Waals surface area contributed by atoms with Crippen molar-refractivity contribution in [1.29, 1.82) is 0 Å². The zero-order valence-corrected chi connectivity index (χ0v) is 15.1. The van der Waals surface area contributed by atoms with Crippen molar-refractivity contribution in [2.75, 3.05) is 39.4 Å². The van der Waals surface area contributed by atoms with Crippen LogP contribution in [0.1, 0.15) is 42.5 Å². The number of nitrogens with zero attached hydrogens (tertiary/aromatic N) is 4. The monoisotopic (exact) mass is 358 g/mol. The Morgan fingerprint density at radius 2 is 1.88 bits per heavy atom. The van der Waals surface area contributed by atoms with Crippen molar-refractivity contribution in [3.63, 3.8) is 0 Å². The van der Waals surface area contributed by atoms with E-state index >= 15 is 0 Å². The van der Waals surface area contributed by atoms with E-state index in [1.807, 2.05) is 9.80 Å². The number of hydrogen-bond acceptors (Lipinski definition) is 5. The molecule has 2 amide bonds. The minimum absolute atomic E-state index is 0.0129. The van der Waals surface area contributed by atoms with Crippen LogP contribution in [0, 0.1) is 11.3 Å². The van der Waals surface area contributed by atoms with Crippen molar-refractivity contribution in [1.82, 2.24) is 19.8 Å². The Morgan fingerprint density at radius 3 is 2.54 bits per heavy atom. The van der Waals surface area contributed by atoms with Crippen LogP contribution in [-0.4, -0.2) is 71.0 Å². The highest BCUT2D eigenvalue weighted by Gasteiger charge is 2.51. The average Bonchev–Trinajstić information content (AvgIpc) is 3.07. The number of amides is 2. The fourth-order valence-corrected chi connectivity index (χ4v) is 4.64. The van der Waals surface area contributed by atoms with E-state index in [0.717, 1.165) is 19.5 Å². The number of morpholine rings is 1. The second kappa shape index (κ2) is 7.31. The first-order chi connectivity index (χ1) is 12.7. The van der Waals surface area contributed by atoms with Crippen LogP contribution in [0.5, 0.6) is 0 Å². The largest absolute Gasteiger partial charge is 0.378 e. The molecule has 3 aliphatic rings. The lowest BCUT2D eigenvalue weighted by atomic mass is 9.62. The summed E-state index contributed by atoms with van der Waals surface area (Å²) < 4.78 is 5.32. The molecule has 0 aromatic carbocycles. The third-order valence-corrected chi connectivity index (χ3v) is 6.33. The number of aromatic nitrogens is 2. The molecular formula is C19H26N4O3. The van der Waals surface area contributed by atoms with Crippen molar-refractivity contribution < 1.29 is 14.3 Å². The maximum absolute atomic E-state index is 12.8. The minimum atomic E-state index is 0.0129. The van der Waals surface area contributed by atoms with Crippen molar-refractivity contribution >= 4 is 11.8 Å². The normalized spacial score (nSPS) is 24.5. The van der Waals surface area contributed by atoms with Gasteiger partial charge in [-0.15, -0.1) is 0 Å². The zero-order valence-electron chi connectivity index (χ0n) is 15.1. The third kappa shape index (κ3) is 3.32. The topological polar surface area (TPSA) is 75.6 Å². The summed E-state index contributed by atoms with van der Waals surface area (Å²) in [7, 11) is 0. The quantitative estimate of drug-likeness (QED) is 0.812. The minimum Gasteiger partial charge on any atom is -0.378 e. The van der Waals surface area contributed by atoms with E-state index in [4.69, 9.17) is 4.74 Å². The van der Waals surface area contributed by atoms with Crippen LogP contribution in [0.25, 0.3) is 0 Å². The van der Waals surface area contributed by atoms with Gasteiger partial charge in [0.1, 0.15) is 6.33 Å². The van der Waals surface area contributed by atoms with Crippen LogP contribution in [0.15, 0.2) is 18.7 Å². The van der Waals surface area contributed by atoms with Crippen LogP contribution in [0.4, 0.5) is 0 Å². The summed E-state index contributed by atoms with van der Waals surface area (Å²) in [6.45, 7) is 4.23. The number of likely N-dealkylation sites (tertiary alicyclic amines) is 1. The molecule has 140 valence electrons. The molecule has 1 aliphatic carbocycles. The number of ether oxygens (including phenoxy) is 1. The molecule has 26 heavy (non-hydrogen) atoms. The van der Waals surface area contributed by atoms with E-state index in [2.05, 4.69) is 9.97 Å². The third-order valence-electron chi connectivity index (χ3n) is 6.33. The highest BCUT2D eigenvalue weighted by atomic mass is 16.5. The van der Waals surface area contributed by atoms with E-state index in [0.29, 0.717) is 44.2 Å². The fraction of sp³-hybridized carbons (Fsp3) is 0.684. The van der Waals surface area contributed by atoms with Gasteiger partial charge in [-0.25, -0.2) is 9.97 Å². The lowest BCUT2D eigenvalue weighted by molar-refractivity contribution is -0.135. The molecular weight excluding hydrogens is 332 g/mol. The van der Waals surface area contributed by atoms with Gasteiger partial charge in [0.25, 0.3) is 5.91 Å².